The first-order valence-electron chi connectivity index (χ1n) is 9.38. The Morgan fingerprint density at radius 3 is 2.72 bits per heavy atom. The largest absolute Gasteiger partial charge is 0.381 e. The summed E-state index contributed by atoms with van der Waals surface area (Å²) in [6.45, 7) is 1.44. The SMILES string of the molecule is C[C@@]1(c2cc(NC(=O)c3ccc(C#N)cn3)ccc2F)Cn2c(C(F)F)cnc2C(N)=N1. The molecule has 1 amide bonds. The molecular weight excluding hydrogens is 423 g/mol. The van der Waals surface area contributed by atoms with Crippen molar-refractivity contribution in [3.8, 4) is 6.07 Å². The zero-order valence-corrected chi connectivity index (χ0v) is 16.7. The summed E-state index contributed by atoms with van der Waals surface area (Å²) in [5.41, 5.74) is 4.94. The molecule has 11 heteroatoms. The lowest BCUT2D eigenvalue weighted by molar-refractivity contribution is 0.102. The molecule has 0 unspecified atom stereocenters. The van der Waals surface area contributed by atoms with E-state index in [0.29, 0.717) is 5.56 Å². The first kappa shape index (κ1) is 21.0. The number of anilines is 1. The van der Waals surface area contributed by atoms with E-state index in [0.717, 1.165) is 12.3 Å². The van der Waals surface area contributed by atoms with Gasteiger partial charge < -0.3 is 15.6 Å². The number of fused-ring (bicyclic) bond motifs is 1. The molecule has 3 aromatic rings. The number of hydrogen-bond donors (Lipinski definition) is 2. The standard InChI is InChI=1S/C21H16F3N7O/c1-21(10-31-16(17(23)24)9-28-19(31)18(26)30-21)13-6-12(3-4-14(13)22)29-20(32)15-5-2-11(7-25)8-27-15/h2-6,8-9,17H,10H2,1H3,(H2,26,30)(H,29,32)/t21-/m0/s1. The summed E-state index contributed by atoms with van der Waals surface area (Å²) >= 11 is 0. The van der Waals surface area contributed by atoms with Crippen LogP contribution in [0.3, 0.4) is 0 Å². The van der Waals surface area contributed by atoms with Gasteiger partial charge in [0, 0.05) is 17.4 Å². The fourth-order valence-electron chi connectivity index (χ4n) is 3.54. The zero-order chi connectivity index (χ0) is 23.0. The molecule has 32 heavy (non-hydrogen) atoms. The molecule has 1 atom stereocenters. The van der Waals surface area contributed by atoms with Crippen LogP contribution in [0, 0.1) is 17.1 Å². The Balaban J connectivity index is 1.66. The maximum absolute atomic E-state index is 14.8. The number of alkyl halides is 2. The summed E-state index contributed by atoms with van der Waals surface area (Å²) in [6, 6.07) is 8.61. The van der Waals surface area contributed by atoms with Crippen molar-refractivity contribution in [3.05, 3.63) is 76.9 Å². The number of amides is 1. The number of amidine groups is 1. The van der Waals surface area contributed by atoms with Crippen LogP contribution in [0.25, 0.3) is 0 Å². The molecule has 0 fully saturated rings. The van der Waals surface area contributed by atoms with E-state index in [1.54, 1.807) is 6.92 Å². The molecule has 0 radical (unpaired) electrons. The van der Waals surface area contributed by atoms with Crippen LogP contribution in [0.4, 0.5) is 18.9 Å². The number of nitriles is 1. The first-order valence-corrected chi connectivity index (χ1v) is 9.38. The van der Waals surface area contributed by atoms with Crippen LogP contribution in [-0.4, -0.2) is 26.3 Å². The van der Waals surface area contributed by atoms with Gasteiger partial charge in [-0.3, -0.25) is 9.79 Å². The number of rotatable bonds is 4. The second-order valence-electron chi connectivity index (χ2n) is 7.36. The Kier molecular flexibility index (Phi) is 5.14. The van der Waals surface area contributed by atoms with Crippen molar-refractivity contribution in [2.75, 3.05) is 5.32 Å². The summed E-state index contributed by atoms with van der Waals surface area (Å²) in [5, 5.41) is 11.4. The number of hydrogen-bond acceptors (Lipinski definition) is 6. The lowest BCUT2D eigenvalue weighted by Crippen LogP contribution is -2.38. The summed E-state index contributed by atoms with van der Waals surface area (Å²) in [6.07, 6.45) is -0.512. The molecule has 3 heterocycles. The predicted octanol–water partition coefficient (Wildman–Crippen LogP) is 3.11. The molecule has 1 aromatic carbocycles. The van der Waals surface area contributed by atoms with Crippen LogP contribution in [0.15, 0.2) is 47.7 Å². The predicted molar refractivity (Wildman–Crippen MR) is 109 cm³/mol. The molecular formula is C21H16F3N7O. The molecule has 0 aliphatic carbocycles. The fraction of sp³-hybridized carbons (Fsp3) is 0.190. The number of nitrogens with two attached hydrogens (primary N) is 1. The summed E-state index contributed by atoms with van der Waals surface area (Å²) in [4.78, 5) is 24.6. The number of nitrogens with one attached hydrogen (secondary N) is 1. The smallest absolute Gasteiger partial charge is 0.280 e. The molecule has 162 valence electrons. The normalized spacial score (nSPS) is 17.4. The van der Waals surface area contributed by atoms with E-state index in [1.165, 1.54) is 35.0 Å². The van der Waals surface area contributed by atoms with Crippen LogP contribution < -0.4 is 11.1 Å². The highest BCUT2D eigenvalue weighted by Gasteiger charge is 2.37. The van der Waals surface area contributed by atoms with Crippen LogP contribution in [0.5, 0.6) is 0 Å². The maximum Gasteiger partial charge on any atom is 0.280 e. The van der Waals surface area contributed by atoms with Crippen LogP contribution in [-0.2, 0) is 12.1 Å². The summed E-state index contributed by atoms with van der Waals surface area (Å²) < 4.78 is 42.8. The lowest BCUT2D eigenvalue weighted by atomic mass is 9.90. The van der Waals surface area contributed by atoms with Crippen molar-refractivity contribution in [2.45, 2.75) is 25.4 Å². The molecule has 4 rings (SSSR count). The number of benzene rings is 1. The van der Waals surface area contributed by atoms with Crippen molar-refractivity contribution >= 4 is 17.4 Å². The zero-order valence-electron chi connectivity index (χ0n) is 16.7. The first-order chi connectivity index (χ1) is 15.2. The molecule has 3 N–H and O–H groups in total. The van der Waals surface area contributed by atoms with Crippen LogP contribution in [0.2, 0.25) is 0 Å². The fourth-order valence-corrected chi connectivity index (χ4v) is 3.54. The van der Waals surface area contributed by atoms with Crippen LogP contribution in [0.1, 0.15) is 46.5 Å². The van der Waals surface area contributed by atoms with E-state index >= 15 is 0 Å². The van der Waals surface area contributed by atoms with Gasteiger partial charge in [-0.2, -0.15) is 5.26 Å². The van der Waals surface area contributed by atoms with Crippen molar-refractivity contribution < 1.29 is 18.0 Å². The number of carbonyl (C=O) groups excluding carboxylic acids is 1. The Morgan fingerprint density at radius 1 is 1.28 bits per heavy atom. The number of imidazole rings is 1. The highest BCUT2D eigenvalue weighted by molar-refractivity contribution is 6.03. The second kappa shape index (κ2) is 7.81. The van der Waals surface area contributed by atoms with Crippen molar-refractivity contribution in [2.24, 2.45) is 10.7 Å². The number of nitrogens with zero attached hydrogens (tertiary/aromatic N) is 5. The second-order valence-corrected chi connectivity index (χ2v) is 7.36. The van der Waals surface area contributed by atoms with Crippen molar-refractivity contribution in [3.63, 3.8) is 0 Å². The van der Waals surface area contributed by atoms with Gasteiger partial charge in [0.05, 0.1) is 18.3 Å². The van der Waals surface area contributed by atoms with E-state index < -0.39 is 23.7 Å². The summed E-state index contributed by atoms with van der Waals surface area (Å²) in [5.74, 6) is -1.21. The van der Waals surface area contributed by atoms with E-state index in [2.05, 4.69) is 20.3 Å². The maximum atomic E-state index is 14.8. The number of aliphatic imine (C=N–C) groups is 1. The van der Waals surface area contributed by atoms with Gasteiger partial charge >= 0.3 is 0 Å². The molecule has 0 saturated heterocycles. The Labute approximate surface area is 180 Å². The Morgan fingerprint density at radius 2 is 2.06 bits per heavy atom. The van der Waals surface area contributed by atoms with Gasteiger partial charge in [0.15, 0.2) is 11.7 Å². The number of pyridine rings is 1. The third-order valence-electron chi connectivity index (χ3n) is 5.10. The van der Waals surface area contributed by atoms with Crippen molar-refractivity contribution in [1.29, 1.82) is 5.26 Å². The van der Waals surface area contributed by atoms with Crippen molar-refractivity contribution in [1.82, 2.24) is 14.5 Å². The average molecular weight is 439 g/mol. The molecule has 8 nitrogen and oxygen atoms in total. The molecule has 1 aliphatic heterocycles. The summed E-state index contributed by atoms with van der Waals surface area (Å²) in [7, 11) is 0. The van der Waals surface area contributed by atoms with E-state index in [9.17, 15) is 18.0 Å². The quantitative estimate of drug-likeness (QED) is 0.647. The van der Waals surface area contributed by atoms with Gasteiger partial charge in [0.1, 0.15) is 28.8 Å². The van der Waals surface area contributed by atoms with Crippen LogP contribution >= 0.6 is 0 Å². The van der Waals surface area contributed by atoms with Gasteiger partial charge in [-0.25, -0.2) is 23.1 Å². The van der Waals surface area contributed by atoms with Gasteiger partial charge in [0.25, 0.3) is 12.3 Å². The Bertz CT molecular complexity index is 1280. The lowest BCUT2D eigenvalue weighted by Gasteiger charge is -2.32. The third kappa shape index (κ3) is 3.66. The topological polar surface area (TPSA) is 122 Å². The van der Waals surface area contributed by atoms with Gasteiger partial charge in [-0.05, 0) is 37.3 Å². The monoisotopic (exact) mass is 439 g/mol. The van der Waals surface area contributed by atoms with E-state index in [4.69, 9.17) is 11.0 Å². The highest BCUT2D eigenvalue weighted by Crippen LogP contribution is 2.36. The number of halogens is 3. The highest BCUT2D eigenvalue weighted by atomic mass is 19.3. The average Bonchev–Trinajstić information content (AvgIpc) is 3.19. The minimum absolute atomic E-state index is 0.0607. The molecule has 2 aromatic heterocycles. The number of carbonyl (C=O) groups is 1. The molecule has 0 bridgehead atoms. The van der Waals surface area contributed by atoms with Gasteiger partial charge in [-0.15, -0.1) is 0 Å². The Hall–Kier alpha value is -4.20. The molecule has 0 spiro atoms. The molecule has 1 aliphatic rings. The minimum atomic E-state index is -2.79. The van der Waals surface area contributed by atoms with Gasteiger partial charge in [0.2, 0.25) is 0 Å². The third-order valence-corrected chi connectivity index (χ3v) is 5.10. The van der Waals surface area contributed by atoms with E-state index in [1.807, 2.05) is 6.07 Å². The van der Waals surface area contributed by atoms with E-state index in [-0.39, 0.29) is 40.8 Å². The van der Waals surface area contributed by atoms with Gasteiger partial charge in [-0.1, -0.05) is 0 Å². The minimum Gasteiger partial charge on any atom is -0.381 e. The molecule has 0 saturated carbocycles. The number of aromatic nitrogens is 3.